The quantitative estimate of drug-likeness (QED) is 0.537. The van der Waals surface area contributed by atoms with Gasteiger partial charge in [-0.15, -0.1) is 0 Å². The standard InChI is InChI=1S/C22H30N4O/c1-3-23-22(24-16-18-9-11-21(27)12-10-18)25-17(2)19-7-6-8-20(15-19)26-13-4-5-14-26/h6-12,15,17,27H,3-5,13-14,16H2,1-2H3,(H2,23,24,25). The molecule has 144 valence electrons. The fourth-order valence-corrected chi connectivity index (χ4v) is 3.35. The van der Waals surface area contributed by atoms with E-state index in [1.165, 1.54) is 24.1 Å². The first kappa shape index (κ1) is 19.1. The van der Waals surface area contributed by atoms with Gasteiger partial charge in [0, 0.05) is 25.3 Å². The predicted molar refractivity (Wildman–Crippen MR) is 112 cm³/mol. The summed E-state index contributed by atoms with van der Waals surface area (Å²) < 4.78 is 0. The minimum absolute atomic E-state index is 0.158. The van der Waals surface area contributed by atoms with Crippen molar-refractivity contribution in [2.75, 3.05) is 24.5 Å². The van der Waals surface area contributed by atoms with Gasteiger partial charge >= 0.3 is 0 Å². The summed E-state index contributed by atoms with van der Waals surface area (Å²) >= 11 is 0. The molecule has 1 aliphatic rings. The molecule has 27 heavy (non-hydrogen) atoms. The number of aliphatic imine (C=N–C) groups is 1. The molecule has 3 rings (SSSR count). The van der Waals surface area contributed by atoms with Gasteiger partial charge in [0.2, 0.25) is 0 Å². The molecule has 0 saturated carbocycles. The second kappa shape index (κ2) is 9.31. The van der Waals surface area contributed by atoms with Crippen molar-refractivity contribution in [1.82, 2.24) is 10.6 Å². The largest absolute Gasteiger partial charge is 0.508 e. The number of aromatic hydroxyl groups is 1. The highest BCUT2D eigenvalue weighted by molar-refractivity contribution is 5.80. The van der Waals surface area contributed by atoms with Gasteiger partial charge in [-0.3, -0.25) is 0 Å². The third-order valence-corrected chi connectivity index (χ3v) is 4.89. The van der Waals surface area contributed by atoms with E-state index in [9.17, 15) is 5.11 Å². The zero-order valence-corrected chi connectivity index (χ0v) is 16.3. The number of nitrogens with zero attached hydrogens (tertiary/aromatic N) is 2. The molecule has 2 aromatic rings. The van der Waals surface area contributed by atoms with Crippen LogP contribution in [0.1, 0.15) is 43.9 Å². The smallest absolute Gasteiger partial charge is 0.192 e. The van der Waals surface area contributed by atoms with Gasteiger partial charge in [0.15, 0.2) is 5.96 Å². The third kappa shape index (κ3) is 5.39. The topological polar surface area (TPSA) is 59.9 Å². The van der Waals surface area contributed by atoms with E-state index in [0.717, 1.165) is 31.2 Å². The fraction of sp³-hybridized carbons (Fsp3) is 0.409. The Morgan fingerprint density at radius 1 is 1.15 bits per heavy atom. The summed E-state index contributed by atoms with van der Waals surface area (Å²) in [6.45, 7) is 7.91. The number of hydrogen-bond donors (Lipinski definition) is 3. The Balaban J connectivity index is 1.67. The first-order valence-electron chi connectivity index (χ1n) is 9.83. The second-order valence-electron chi connectivity index (χ2n) is 7.02. The third-order valence-electron chi connectivity index (χ3n) is 4.89. The van der Waals surface area contributed by atoms with Crippen molar-refractivity contribution >= 4 is 11.6 Å². The number of rotatable bonds is 6. The lowest BCUT2D eigenvalue weighted by Gasteiger charge is -2.22. The van der Waals surface area contributed by atoms with Crippen LogP contribution in [0.3, 0.4) is 0 Å². The average molecular weight is 367 g/mol. The van der Waals surface area contributed by atoms with Crippen molar-refractivity contribution in [2.24, 2.45) is 4.99 Å². The molecule has 1 unspecified atom stereocenters. The number of guanidine groups is 1. The van der Waals surface area contributed by atoms with Crippen molar-refractivity contribution in [1.29, 1.82) is 0 Å². The van der Waals surface area contributed by atoms with Crippen LogP contribution in [-0.4, -0.2) is 30.7 Å². The normalized spacial score (nSPS) is 15.6. The molecule has 3 N–H and O–H groups in total. The van der Waals surface area contributed by atoms with Crippen LogP contribution in [-0.2, 0) is 6.54 Å². The van der Waals surface area contributed by atoms with E-state index in [1.54, 1.807) is 12.1 Å². The molecule has 0 amide bonds. The fourth-order valence-electron chi connectivity index (χ4n) is 3.35. The molecule has 1 atom stereocenters. The van der Waals surface area contributed by atoms with E-state index in [0.29, 0.717) is 6.54 Å². The molecule has 1 heterocycles. The van der Waals surface area contributed by atoms with Crippen LogP contribution in [0.5, 0.6) is 5.75 Å². The Kier molecular flexibility index (Phi) is 6.58. The Morgan fingerprint density at radius 3 is 2.59 bits per heavy atom. The van der Waals surface area contributed by atoms with Crippen LogP contribution in [0.15, 0.2) is 53.5 Å². The summed E-state index contributed by atoms with van der Waals surface area (Å²) in [5.74, 6) is 1.07. The summed E-state index contributed by atoms with van der Waals surface area (Å²) in [5.41, 5.74) is 3.63. The van der Waals surface area contributed by atoms with Crippen LogP contribution < -0.4 is 15.5 Å². The van der Waals surface area contributed by atoms with E-state index in [2.05, 4.69) is 58.6 Å². The molecule has 0 spiro atoms. The number of phenols is 1. The number of phenolic OH excluding ortho intramolecular Hbond substituents is 1. The molecule has 0 radical (unpaired) electrons. The maximum atomic E-state index is 9.40. The maximum Gasteiger partial charge on any atom is 0.192 e. The van der Waals surface area contributed by atoms with Gasteiger partial charge in [-0.25, -0.2) is 4.99 Å². The first-order valence-corrected chi connectivity index (χ1v) is 9.83. The zero-order chi connectivity index (χ0) is 19.1. The minimum Gasteiger partial charge on any atom is -0.508 e. The van der Waals surface area contributed by atoms with Crippen molar-refractivity contribution in [3.8, 4) is 5.75 Å². The zero-order valence-electron chi connectivity index (χ0n) is 16.3. The first-order chi connectivity index (χ1) is 13.2. The van der Waals surface area contributed by atoms with E-state index >= 15 is 0 Å². The molecular formula is C22H30N4O. The Bertz CT molecular complexity index is 751. The molecular weight excluding hydrogens is 336 g/mol. The lowest BCUT2D eigenvalue weighted by Crippen LogP contribution is -2.38. The van der Waals surface area contributed by atoms with Gasteiger partial charge in [0.25, 0.3) is 0 Å². The van der Waals surface area contributed by atoms with Crippen LogP contribution in [0, 0.1) is 0 Å². The van der Waals surface area contributed by atoms with E-state index in [-0.39, 0.29) is 11.8 Å². The molecule has 0 bridgehead atoms. The van der Waals surface area contributed by atoms with Gasteiger partial charge < -0.3 is 20.6 Å². The molecule has 1 saturated heterocycles. The Hall–Kier alpha value is -2.69. The van der Waals surface area contributed by atoms with Gasteiger partial charge in [0.1, 0.15) is 5.75 Å². The average Bonchev–Trinajstić information content (AvgIpc) is 3.22. The van der Waals surface area contributed by atoms with Crippen molar-refractivity contribution < 1.29 is 5.11 Å². The van der Waals surface area contributed by atoms with Gasteiger partial charge in [-0.1, -0.05) is 24.3 Å². The highest BCUT2D eigenvalue weighted by Gasteiger charge is 2.14. The van der Waals surface area contributed by atoms with Crippen LogP contribution in [0.25, 0.3) is 0 Å². The molecule has 0 aromatic heterocycles. The van der Waals surface area contributed by atoms with E-state index in [1.807, 2.05) is 12.1 Å². The highest BCUT2D eigenvalue weighted by Crippen LogP contribution is 2.24. The van der Waals surface area contributed by atoms with E-state index < -0.39 is 0 Å². The summed E-state index contributed by atoms with van der Waals surface area (Å²) in [7, 11) is 0. The maximum absolute atomic E-state index is 9.40. The highest BCUT2D eigenvalue weighted by atomic mass is 16.3. The van der Waals surface area contributed by atoms with Gasteiger partial charge in [-0.05, 0) is 62.1 Å². The van der Waals surface area contributed by atoms with Gasteiger partial charge in [0.05, 0.1) is 12.6 Å². The van der Waals surface area contributed by atoms with Crippen LogP contribution in [0.4, 0.5) is 5.69 Å². The van der Waals surface area contributed by atoms with Crippen molar-refractivity contribution in [3.05, 3.63) is 59.7 Å². The molecule has 2 aromatic carbocycles. The molecule has 1 aliphatic heterocycles. The summed E-state index contributed by atoms with van der Waals surface area (Å²) in [4.78, 5) is 7.14. The van der Waals surface area contributed by atoms with E-state index in [4.69, 9.17) is 0 Å². The lowest BCUT2D eigenvalue weighted by atomic mass is 10.1. The molecule has 1 fully saturated rings. The minimum atomic E-state index is 0.158. The summed E-state index contributed by atoms with van der Waals surface area (Å²) in [6.07, 6.45) is 2.57. The SMILES string of the molecule is CCNC(=NCc1ccc(O)cc1)NC(C)c1cccc(N2CCCC2)c1. The molecule has 5 heteroatoms. The molecule has 5 nitrogen and oxygen atoms in total. The number of anilines is 1. The second-order valence-corrected chi connectivity index (χ2v) is 7.02. The summed E-state index contributed by atoms with van der Waals surface area (Å²) in [6, 6.07) is 16.1. The summed E-state index contributed by atoms with van der Waals surface area (Å²) in [5, 5.41) is 16.2. The number of hydrogen-bond acceptors (Lipinski definition) is 3. The van der Waals surface area contributed by atoms with Gasteiger partial charge in [-0.2, -0.15) is 0 Å². The monoisotopic (exact) mass is 366 g/mol. The van der Waals surface area contributed by atoms with Crippen molar-refractivity contribution in [3.63, 3.8) is 0 Å². The number of benzene rings is 2. The Morgan fingerprint density at radius 2 is 1.89 bits per heavy atom. The lowest BCUT2D eigenvalue weighted by molar-refractivity contribution is 0.475. The van der Waals surface area contributed by atoms with Crippen LogP contribution in [0.2, 0.25) is 0 Å². The Labute approximate surface area is 162 Å². The molecule has 0 aliphatic carbocycles. The van der Waals surface area contributed by atoms with Crippen molar-refractivity contribution in [2.45, 2.75) is 39.3 Å². The van der Waals surface area contributed by atoms with Crippen LogP contribution >= 0.6 is 0 Å². The number of nitrogens with one attached hydrogen (secondary N) is 2. The predicted octanol–water partition coefficient (Wildman–Crippen LogP) is 3.81.